The fourth-order valence-corrected chi connectivity index (χ4v) is 4.31. The van der Waals surface area contributed by atoms with Gasteiger partial charge in [0.05, 0.1) is 29.4 Å². The van der Waals surface area contributed by atoms with E-state index in [-0.39, 0.29) is 17.4 Å². The van der Waals surface area contributed by atoms with E-state index in [4.69, 9.17) is 5.73 Å². The molecule has 2 aromatic heterocycles. The van der Waals surface area contributed by atoms with Crippen LogP contribution >= 0.6 is 0 Å². The molecule has 4 N–H and O–H groups in total. The molecule has 4 rings (SSSR count). The van der Waals surface area contributed by atoms with Gasteiger partial charge in [-0.05, 0) is 31.2 Å². The molecule has 0 spiro atoms. The van der Waals surface area contributed by atoms with Crippen LogP contribution in [0.15, 0.2) is 30.6 Å². The van der Waals surface area contributed by atoms with Crippen LogP contribution in [0.4, 0.5) is 49.7 Å². The number of nitrogen functional groups attached to an aromatic ring is 1. The van der Waals surface area contributed by atoms with E-state index in [9.17, 15) is 58.6 Å². The molecular formula is C23H18F10N6O4. The van der Waals surface area contributed by atoms with Crippen LogP contribution in [0.3, 0.4) is 0 Å². The lowest BCUT2D eigenvalue weighted by Crippen LogP contribution is -2.56. The van der Waals surface area contributed by atoms with E-state index in [1.54, 1.807) is 0 Å². The molecule has 3 aromatic rings. The van der Waals surface area contributed by atoms with Crippen molar-refractivity contribution in [3.63, 3.8) is 0 Å². The average molecular weight is 632 g/mol. The molecule has 43 heavy (non-hydrogen) atoms. The Hall–Kier alpha value is -4.36. The second kappa shape index (κ2) is 10.4. The zero-order chi connectivity index (χ0) is 32.3. The molecule has 0 radical (unpaired) electrons. The molecule has 3 heterocycles. The maximum Gasteiger partial charge on any atom is 0.573 e. The molecule has 0 bridgehead atoms. The number of hydrogen-bond donors (Lipinski definition) is 3. The van der Waals surface area contributed by atoms with Crippen LogP contribution < -0.4 is 15.8 Å². The third kappa shape index (κ3) is 6.09. The van der Waals surface area contributed by atoms with Crippen LogP contribution in [0.2, 0.25) is 0 Å². The Labute approximate surface area is 233 Å². The van der Waals surface area contributed by atoms with Crippen molar-refractivity contribution in [1.29, 1.82) is 0 Å². The Kier molecular flexibility index (Phi) is 7.65. The molecular weight excluding hydrogens is 614 g/mol. The lowest BCUT2D eigenvalue weighted by atomic mass is 10.0. The Bertz CT molecular complexity index is 1570. The summed E-state index contributed by atoms with van der Waals surface area (Å²) in [6.07, 6.45) is -17.2. The molecule has 1 saturated heterocycles. The monoisotopic (exact) mass is 632 g/mol. The molecule has 1 aliphatic rings. The van der Waals surface area contributed by atoms with Gasteiger partial charge in [0.2, 0.25) is 5.60 Å². The van der Waals surface area contributed by atoms with Crippen molar-refractivity contribution in [1.82, 2.24) is 24.8 Å². The predicted octanol–water partition coefficient (Wildman–Crippen LogP) is 3.49. The third-order valence-electron chi connectivity index (χ3n) is 6.45. The number of likely N-dealkylation sites (tertiary alicyclic amines) is 1. The first-order valence-electron chi connectivity index (χ1n) is 11.7. The predicted molar refractivity (Wildman–Crippen MR) is 124 cm³/mol. The van der Waals surface area contributed by atoms with Gasteiger partial charge in [0, 0.05) is 12.1 Å². The highest BCUT2D eigenvalue weighted by atomic mass is 19.4. The van der Waals surface area contributed by atoms with Gasteiger partial charge in [0.25, 0.3) is 11.8 Å². The van der Waals surface area contributed by atoms with Crippen molar-refractivity contribution in [2.45, 2.75) is 43.5 Å². The number of nitrogens with one attached hydrogen (secondary N) is 1. The molecule has 1 aliphatic heterocycles. The van der Waals surface area contributed by atoms with E-state index >= 15 is 0 Å². The maximum atomic E-state index is 14.7. The number of rotatable bonds is 5. The normalized spacial score (nSPS) is 19.4. The first kappa shape index (κ1) is 31.6. The van der Waals surface area contributed by atoms with E-state index in [1.807, 2.05) is 5.32 Å². The largest absolute Gasteiger partial charge is 0.573 e. The number of aromatic nitrogens is 3. The van der Waals surface area contributed by atoms with Crippen LogP contribution in [0.25, 0.3) is 16.8 Å². The lowest BCUT2D eigenvalue weighted by Gasteiger charge is -2.29. The van der Waals surface area contributed by atoms with E-state index in [2.05, 4.69) is 14.8 Å². The Morgan fingerprint density at radius 3 is 2.30 bits per heavy atom. The lowest BCUT2D eigenvalue weighted by molar-refractivity contribution is -0.274. The van der Waals surface area contributed by atoms with Gasteiger partial charge in [-0.15, -0.1) is 13.2 Å². The number of benzene rings is 1. The highest BCUT2D eigenvalue weighted by Gasteiger charge is 2.58. The molecule has 1 fully saturated rings. The van der Waals surface area contributed by atoms with E-state index < -0.39 is 95.3 Å². The minimum absolute atomic E-state index is 0.134. The number of carbonyl (C=O) groups is 2. The molecule has 234 valence electrons. The van der Waals surface area contributed by atoms with Gasteiger partial charge in [-0.1, -0.05) is 0 Å². The fraction of sp³-hybridized carbons (Fsp3) is 0.391. The Morgan fingerprint density at radius 1 is 1.07 bits per heavy atom. The molecule has 2 amide bonds. The van der Waals surface area contributed by atoms with Gasteiger partial charge in [0.1, 0.15) is 23.8 Å². The quantitative estimate of drug-likeness (QED) is 0.367. The van der Waals surface area contributed by atoms with Gasteiger partial charge >= 0.3 is 18.7 Å². The number of ether oxygens (including phenoxy) is 1. The van der Waals surface area contributed by atoms with Gasteiger partial charge < -0.3 is 25.8 Å². The Morgan fingerprint density at radius 2 is 1.72 bits per heavy atom. The van der Waals surface area contributed by atoms with Crippen LogP contribution in [0, 0.1) is 0 Å². The zero-order valence-electron chi connectivity index (χ0n) is 21.3. The third-order valence-corrected chi connectivity index (χ3v) is 6.45. The van der Waals surface area contributed by atoms with E-state index in [0.29, 0.717) is 22.7 Å². The van der Waals surface area contributed by atoms with E-state index in [0.717, 1.165) is 12.4 Å². The summed E-state index contributed by atoms with van der Waals surface area (Å²) in [5.41, 5.74) is -2.03. The summed E-state index contributed by atoms with van der Waals surface area (Å²) in [5.74, 6) is -5.19. The van der Waals surface area contributed by atoms with Crippen molar-refractivity contribution in [2.75, 3.05) is 18.8 Å². The number of fused-ring (bicyclic) bond motifs is 1. The molecule has 1 aromatic carbocycles. The highest BCUT2D eigenvalue weighted by Crippen LogP contribution is 2.40. The molecule has 20 heteroatoms. The summed E-state index contributed by atoms with van der Waals surface area (Å²) in [5, 5.41) is 15.2. The van der Waals surface area contributed by atoms with Crippen molar-refractivity contribution >= 4 is 23.1 Å². The van der Waals surface area contributed by atoms with Crippen molar-refractivity contribution < 1.29 is 63.3 Å². The zero-order valence-corrected chi connectivity index (χ0v) is 21.3. The molecule has 0 aliphatic carbocycles. The minimum Gasteiger partial charge on any atom is -0.405 e. The SMILES string of the molecule is CC(O)(C(=O)N1C[C@H](F)[C@H](NC(=O)c2cc(-c3cc(C(F)(F)F)c4c(N)ncnn34)ccc2OC(F)(F)F)C1)C(F)(F)F. The van der Waals surface area contributed by atoms with Crippen LogP contribution in [0.5, 0.6) is 5.75 Å². The summed E-state index contributed by atoms with van der Waals surface area (Å²) in [6.45, 7) is -1.80. The van der Waals surface area contributed by atoms with E-state index in [1.165, 1.54) is 0 Å². The number of amides is 2. The first-order valence-corrected chi connectivity index (χ1v) is 11.7. The second-order valence-corrected chi connectivity index (χ2v) is 9.48. The number of hydrogen-bond acceptors (Lipinski definition) is 7. The summed E-state index contributed by atoms with van der Waals surface area (Å²) < 4.78 is 139. The molecule has 0 saturated carbocycles. The van der Waals surface area contributed by atoms with Crippen LogP contribution in [-0.2, 0) is 11.0 Å². The number of nitrogens with two attached hydrogens (primary N) is 1. The molecule has 10 nitrogen and oxygen atoms in total. The number of halogens is 10. The minimum atomic E-state index is -5.44. The maximum absolute atomic E-state index is 14.7. The van der Waals surface area contributed by atoms with Gasteiger partial charge in [-0.3, -0.25) is 9.59 Å². The summed E-state index contributed by atoms with van der Waals surface area (Å²) in [4.78, 5) is 29.0. The van der Waals surface area contributed by atoms with Gasteiger partial charge in [0.15, 0.2) is 5.82 Å². The topological polar surface area (TPSA) is 135 Å². The smallest absolute Gasteiger partial charge is 0.405 e. The number of aliphatic hydroxyl groups is 1. The number of nitrogens with zero attached hydrogens (tertiary/aromatic N) is 4. The summed E-state index contributed by atoms with van der Waals surface area (Å²) in [6, 6.07) is 0.919. The van der Waals surface area contributed by atoms with Gasteiger partial charge in [-0.25, -0.2) is 13.9 Å². The van der Waals surface area contributed by atoms with Gasteiger partial charge in [-0.2, -0.15) is 31.4 Å². The number of alkyl halides is 10. The molecule has 3 atom stereocenters. The summed E-state index contributed by atoms with van der Waals surface area (Å²) in [7, 11) is 0. The Balaban J connectivity index is 1.71. The number of anilines is 1. The van der Waals surface area contributed by atoms with Crippen LogP contribution in [0.1, 0.15) is 22.8 Å². The number of carbonyl (C=O) groups excluding carboxylic acids is 2. The molecule has 1 unspecified atom stereocenters. The highest BCUT2D eigenvalue weighted by molar-refractivity contribution is 5.98. The van der Waals surface area contributed by atoms with Crippen molar-refractivity contribution in [3.8, 4) is 17.0 Å². The van der Waals surface area contributed by atoms with Crippen molar-refractivity contribution in [2.24, 2.45) is 0 Å². The van der Waals surface area contributed by atoms with Crippen molar-refractivity contribution in [3.05, 3.63) is 41.7 Å². The standard InChI is InChI=1S/C23H18F10N6O4/c1-20(42,22(28,29)30)19(41)38-6-12(24)13(7-38)37-18(40)10-4-9(2-3-15(10)43-23(31,32)33)14-5-11(21(25,26)27)16-17(34)35-8-36-39(14)16/h2-5,8,12-13,42H,6-7H2,1H3,(H,37,40)(H2,34,35,36)/t12-,13+,20?/m0/s1. The van der Waals surface area contributed by atoms with Crippen LogP contribution in [-0.4, -0.2) is 79.9 Å². The fourth-order valence-electron chi connectivity index (χ4n) is 4.31. The first-order chi connectivity index (χ1) is 19.6. The summed E-state index contributed by atoms with van der Waals surface area (Å²) >= 11 is 0. The second-order valence-electron chi connectivity index (χ2n) is 9.48. The average Bonchev–Trinajstić information content (AvgIpc) is 3.44.